The van der Waals surface area contributed by atoms with Gasteiger partial charge in [0.05, 0.1) is 10.6 Å². The van der Waals surface area contributed by atoms with Crippen LogP contribution < -0.4 is 9.62 Å². The maximum Gasteiger partial charge on any atom is 0.264 e. The third-order valence-corrected chi connectivity index (χ3v) is 8.42. The van der Waals surface area contributed by atoms with Gasteiger partial charge < -0.3 is 10.2 Å². The average Bonchev–Trinajstić information content (AvgIpc) is 2.90. The molecule has 1 atom stereocenters. The topological polar surface area (TPSA) is 86.8 Å². The Balaban J connectivity index is 1.99. The number of hydrogen-bond donors (Lipinski definition) is 1. The molecule has 0 unspecified atom stereocenters. The van der Waals surface area contributed by atoms with Gasteiger partial charge in [-0.1, -0.05) is 83.4 Å². The Morgan fingerprint density at radius 3 is 2.34 bits per heavy atom. The number of amides is 2. The number of carbonyl (C=O) groups excluding carboxylic acids is 2. The van der Waals surface area contributed by atoms with Crippen LogP contribution in [0.1, 0.15) is 37.8 Å². The van der Waals surface area contributed by atoms with Crippen LogP contribution in [0.25, 0.3) is 0 Å². The minimum Gasteiger partial charge on any atom is -0.354 e. The molecule has 38 heavy (non-hydrogen) atoms. The van der Waals surface area contributed by atoms with E-state index in [9.17, 15) is 18.0 Å². The molecule has 3 aromatic rings. The van der Waals surface area contributed by atoms with Crippen molar-refractivity contribution in [3.8, 4) is 0 Å². The minimum atomic E-state index is -4.08. The number of rotatable bonds is 12. The van der Waals surface area contributed by atoms with Crippen LogP contribution in [0, 0.1) is 6.92 Å². The number of nitrogens with zero attached hydrogens (tertiary/aromatic N) is 2. The molecule has 0 aliphatic carbocycles. The number of nitrogens with one attached hydrogen (secondary N) is 1. The number of sulfonamides is 1. The molecule has 0 radical (unpaired) electrons. The predicted molar refractivity (Wildman–Crippen MR) is 154 cm³/mol. The molecule has 9 heteroatoms. The third-order valence-electron chi connectivity index (χ3n) is 6.14. The molecule has 0 aliphatic heterocycles. The SMILES string of the molecule is CCCCNC(=O)[C@H](C)N(Cc1cccc(C)c1)C(=O)CN(c1cccc(Br)c1)S(=O)(=O)c1ccccc1. The van der Waals surface area contributed by atoms with E-state index in [0.29, 0.717) is 16.7 Å². The second-order valence-electron chi connectivity index (χ2n) is 9.14. The van der Waals surface area contributed by atoms with Gasteiger partial charge in [-0.15, -0.1) is 0 Å². The Bertz CT molecular complexity index is 1350. The van der Waals surface area contributed by atoms with Crippen LogP contribution in [-0.4, -0.2) is 44.3 Å². The fourth-order valence-electron chi connectivity index (χ4n) is 4.01. The number of carbonyl (C=O) groups is 2. The number of halogens is 1. The lowest BCUT2D eigenvalue weighted by Gasteiger charge is -2.32. The maximum atomic E-state index is 13.9. The van der Waals surface area contributed by atoms with E-state index in [1.807, 2.05) is 38.1 Å². The van der Waals surface area contributed by atoms with Crippen molar-refractivity contribution in [2.75, 3.05) is 17.4 Å². The molecular weight excluding hydrogens is 566 g/mol. The highest BCUT2D eigenvalue weighted by atomic mass is 79.9. The van der Waals surface area contributed by atoms with Gasteiger partial charge in [0.2, 0.25) is 11.8 Å². The van der Waals surface area contributed by atoms with E-state index in [0.717, 1.165) is 28.3 Å². The fourth-order valence-corrected chi connectivity index (χ4v) is 5.82. The Hall–Kier alpha value is -3.17. The van der Waals surface area contributed by atoms with Gasteiger partial charge >= 0.3 is 0 Å². The molecule has 0 heterocycles. The molecule has 0 aromatic heterocycles. The zero-order valence-electron chi connectivity index (χ0n) is 21.9. The lowest BCUT2D eigenvalue weighted by Crippen LogP contribution is -2.51. The summed E-state index contributed by atoms with van der Waals surface area (Å²) in [6, 6.07) is 21.7. The van der Waals surface area contributed by atoms with Crippen molar-refractivity contribution < 1.29 is 18.0 Å². The molecule has 0 saturated heterocycles. The van der Waals surface area contributed by atoms with E-state index in [1.54, 1.807) is 49.4 Å². The first-order valence-electron chi connectivity index (χ1n) is 12.6. The predicted octanol–water partition coefficient (Wildman–Crippen LogP) is 5.29. The number of anilines is 1. The summed E-state index contributed by atoms with van der Waals surface area (Å²) in [6.45, 7) is 5.88. The van der Waals surface area contributed by atoms with Gasteiger partial charge in [0.15, 0.2) is 0 Å². The summed E-state index contributed by atoms with van der Waals surface area (Å²) in [4.78, 5) is 28.4. The molecule has 0 bridgehead atoms. The highest BCUT2D eigenvalue weighted by Crippen LogP contribution is 2.27. The molecule has 0 fully saturated rings. The van der Waals surface area contributed by atoms with Crippen LogP contribution in [-0.2, 0) is 26.2 Å². The number of benzene rings is 3. The normalized spacial score (nSPS) is 12.0. The first-order valence-corrected chi connectivity index (χ1v) is 14.8. The lowest BCUT2D eigenvalue weighted by atomic mass is 10.1. The van der Waals surface area contributed by atoms with Crippen LogP contribution in [0.3, 0.4) is 0 Å². The largest absolute Gasteiger partial charge is 0.354 e. The average molecular weight is 601 g/mol. The Labute approximate surface area is 234 Å². The second-order valence-corrected chi connectivity index (χ2v) is 11.9. The van der Waals surface area contributed by atoms with E-state index in [-0.39, 0.29) is 17.3 Å². The van der Waals surface area contributed by atoms with E-state index >= 15 is 0 Å². The van der Waals surface area contributed by atoms with E-state index in [4.69, 9.17) is 0 Å². The Morgan fingerprint density at radius 2 is 1.68 bits per heavy atom. The van der Waals surface area contributed by atoms with Crippen LogP contribution in [0.15, 0.2) is 88.2 Å². The second kappa shape index (κ2) is 13.6. The molecule has 202 valence electrons. The first-order chi connectivity index (χ1) is 18.1. The summed E-state index contributed by atoms with van der Waals surface area (Å²) in [5.74, 6) is -0.761. The molecule has 3 aromatic carbocycles. The van der Waals surface area contributed by atoms with E-state index in [2.05, 4.69) is 21.2 Å². The zero-order valence-corrected chi connectivity index (χ0v) is 24.3. The van der Waals surface area contributed by atoms with Gasteiger partial charge in [0.25, 0.3) is 10.0 Å². The van der Waals surface area contributed by atoms with Crippen LogP contribution in [0.2, 0.25) is 0 Å². The fraction of sp³-hybridized carbons (Fsp3) is 0.310. The summed E-state index contributed by atoms with van der Waals surface area (Å²) in [6.07, 6.45) is 1.76. The van der Waals surface area contributed by atoms with Crippen LogP contribution >= 0.6 is 15.9 Å². The minimum absolute atomic E-state index is 0.0726. The smallest absolute Gasteiger partial charge is 0.264 e. The first kappa shape index (κ1) is 29.4. The standard InChI is InChI=1S/C29H34BrN3O4S/c1-4-5-17-31-29(35)23(3)32(20-24-12-9-11-22(2)18-24)28(34)21-33(26-14-10-13-25(30)19-26)38(36,37)27-15-7-6-8-16-27/h6-16,18-19,23H,4-5,17,20-21H2,1-3H3,(H,31,35)/t23-/m0/s1. The van der Waals surface area contributed by atoms with E-state index in [1.165, 1.54) is 17.0 Å². The Morgan fingerprint density at radius 1 is 0.974 bits per heavy atom. The maximum absolute atomic E-state index is 13.9. The quantitative estimate of drug-likeness (QED) is 0.287. The van der Waals surface area contributed by atoms with Gasteiger partial charge in [-0.2, -0.15) is 0 Å². The number of hydrogen-bond acceptors (Lipinski definition) is 4. The summed E-state index contributed by atoms with van der Waals surface area (Å²) in [5, 5.41) is 2.89. The zero-order chi connectivity index (χ0) is 27.7. The van der Waals surface area contributed by atoms with Crippen molar-refractivity contribution in [2.45, 2.75) is 51.1 Å². The van der Waals surface area contributed by atoms with Gasteiger partial charge in [-0.25, -0.2) is 8.42 Å². The summed E-state index contributed by atoms with van der Waals surface area (Å²) in [5.41, 5.74) is 2.22. The van der Waals surface area contributed by atoms with Gasteiger partial charge in [-0.05, 0) is 56.2 Å². The molecule has 0 saturated carbocycles. The van der Waals surface area contributed by atoms with E-state index < -0.39 is 28.5 Å². The lowest BCUT2D eigenvalue weighted by molar-refractivity contribution is -0.139. The van der Waals surface area contributed by atoms with Crippen molar-refractivity contribution in [2.24, 2.45) is 0 Å². The molecule has 1 N–H and O–H groups in total. The summed E-state index contributed by atoms with van der Waals surface area (Å²) >= 11 is 3.40. The number of unbranched alkanes of at least 4 members (excludes halogenated alkanes) is 1. The van der Waals surface area contributed by atoms with Crippen molar-refractivity contribution in [3.05, 3.63) is 94.5 Å². The summed E-state index contributed by atoms with van der Waals surface area (Å²) < 4.78 is 29.3. The third kappa shape index (κ3) is 7.68. The van der Waals surface area contributed by atoms with Gasteiger partial charge in [0.1, 0.15) is 12.6 Å². The van der Waals surface area contributed by atoms with Crippen molar-refractivity contribution in [3.63, 3.8) is 0 Å². The molecule has 3 rings (SSSR count). The van der Waals surface area contributed by atoms with Crippen molar-refractivity contribution in [1.29, 1.82) is 0 Å². The molecule has 2 amide bonds. The summed E-state index contributed by atoms with van der Waals surface area (Å²) in [7, 11) is -4.08. The highest BCUT2D eigenvalue weighted by Gasteiger charge is 2.32. The van der Waals surface area contributed by atoms with Crippen LogP contribution in [0.5, 0.6) is 0 Å². The monoisotopic (exact) mass is 599 g/mol. The Kier molecular flexibility index (Phi) is 10.5. The van der Waals surface area contributed by atoms with Crippen molar-refractivity contribution >= 4 is 43.5 Å². The number of aryl methyl sites for hydroxylation is 1. The molecule has 7 nitrogen and oxygen atoms in total. The molecular formula is C29H34BrN3O4S. The molecule has 0 spiro atoms. The molecule has 0 aliphatic rings. The highest BCUT2D eigenvalue weighted by molar-refractivity contribution is 9.10. The van der Waals surface area contributed by atoms with Crippen LogP contribution in [0.4, 0.5) is 5.69 Å². The van der Waals surface area contributed by atoms with Gasteiger partial charge in [0, 0.05) is 17.6 Å². The van der Waals surface area contributed by atoms with Gasteiger partial charge in [-0.3, -0.25) is 13.9 Å². The van der Waals surface area contributed by atoms with Crippen molar-refractivity contribution in [1.82, 2.24) is 10.2 Å².